The minimum absolute atomic E-state index is 0.00510. The van der Waals surface area contributed by atoms with Gasteiger partial charge in [0.05, 0.1) is 18.1 Å². The van der Waals surface area contributed by atoms with E-state index in [1.54, 1.807) is 36.5 Å². The molecular weight excluding hydrogens is 789 g/mol. The predicted octanol–water partition coefficient (Wildman–Crippen LogP) is 6.46. The minimum atomic E-state index is -1.46. The highest BCUT2D eigenvalue weighted by atomic mass is 16.5. The summed E-state index contributed by atoms with van der Waals surface area (Å²) in [5, 5.41) is 40.8. The molecule has 4 rings (SSSR count). The number of fused-ring (bicyclic) bond motifs is 2. The van der Waals surface area contributed by atoms with E-state index in [1.165, 1.54) is 50.1 Å². The number of allylic oxidation sites excluding steroid dienone is 10. The maximum atomic E-state index is 14.4. The van der Waals surface area contributed by atoms with E-state index in [4.69, 9.17) is 4.74 Å². The molecule has 0 aromatic rings. The summed E-state index contributed by atoms with van der Waals surface area (Å²) in [4.78, 5) is 67.0. The van der Waals surface area contributed by atoms with E-state index in [-0.39, 0.29) is 48.5 Å². The first-order valence-corrected chi connectivity index (χ1v) is 22.8. The fraction of sp³-hybridized carbons (Fsp3) is 0.612. The van der Waals surface area contributed by atoms with Crippen LogP contribution in [0.2, 0.25) is 0 Å². The van der Waals surface area contributed by atoms with E-state index in [1.807, 2.05) is 52.0 Å². The number of nitrogens with one attached hydrogen (secondary N) is 3. The second kappa shape index (κ2) is 25.6. The average Bonchev–Trinajstić information content (AvgIpc) is 3.24. The monoisotopic (exact) mass is 861 g/mol. The fourth-order valence-electron chi connectivity index (χ4n) is 8.46. The third-order valence-electron chi connectivity index (χ3n) is 12.4. The summed E-state index contributed by atoms with van der Waals surface area (Å²) in [5.74, 6) is -2.67. The highest BCUT2D eigenvalue weighted by Gasteiger charge is 2.37. The first-order valence-electron chi connectivity index (χ1n) is 22.8. The lowest BCUT2D eigenvalue weighted by molar-refractivity contribution is -0.155. The smallest absolute Gasteiger partial charge is 0.325 e. The van der Waals surface area contributed by atoms with Crippen LogP contribution < -0.4 is 16.1 Å². The van der Waals surface area contributed by atoms with E-state index in [0.717, 1.165) is 12.0 Å². The van der Waals surface area contributed by atoms with Crippen LogP contribution in [0.15, 0.2) is 83.7 Å². The van der Waals surface area contributed by atoms with E-state index < -0.39 is 60.3 Å². The fourth-order valence-corrected chi connectivity index (χ4v) is 8.46. The zero-order valence-electron chi connectivity index (χ0n) is 37.5. The van der Waals surface area contributed by atoms with Crippen molar-refractivity contribution < 1.29 is 44.0 Å². The van der Waals surface area contributed by atoms with Crippen molar-refractivity contribution in [3.8, 4) is 0 Å². The van der Waals surface area contributed by atoms with Gasteiger partial charge >= 0.3 is 5.97 Å². The number of aliphatic hydroxyl groups is 3. The Labute approximate surface area is 368 Å². The van der Waals surface area contributed by atoms with Crippen molar-refractivity contribution in [2.24, 2.45) is 23.7 Å². The number of Topliss-reactive ketones (excluding diaryl/α,β-unsaturated/α-hetero) is 1. The number of carbonyl (C=O) groups is 5. The largest absolute Gasteiger partial charge is 0.508 e. The number of cyclic esters (lactones) is 1. The molecule has 0 spiro atoms. The number of esters is 1. The van der Waals surface area contributed by atoms with Gasteiger partial charge in [0, 0.05) is 25.8 Å². The lowest BCUT2D eigenvalue weighted by Gasteiger charge is -2.37. The molecule has 13 nitrogen and oxygen atoms in total. The Morgan fingerprint density at radius 1 is 0.952 bits per heavy atom. The Bertz CT molecular complexity index is 1750. The number of ketones is 2. The molecular formula is C49H72N4O9. The average molecular weight is 861 g/mol. The zero-order valence-corrected chi connectivity index (χ0v) is 37.5. The Morgan fingerprint density at radius 2 is 1.68 bits per heavy atom. The molecule has 8 atom stereocenters. The van der Waals surface area contributed by atoms with Crippen molar-refractivity contribution in [3.63, 3.8) is 0 Å². The molecule has 342 valence electrons. The summed E-state index contributed by atoms with van der Waals surface area (Å²) >= 11 is 0. The molecule has 2 bridgehead atoms. The number of hydrogen-bond donors (Lipinski definition) is 6. The zero-order chi connectivity index (χ0) is 45.2. The van der Waals surface area contributed by atoms with Crippen molar-refractivity contribution in [2.75, 3.05) is 6.54 Å². The van der Waals surface area contributed by atoms with E-state index >= 15 is 0 Å². The van der Waals surface area contributed by atoms with E-state index in [9.17, 15) is 39.3 Å². The molecule has 0 aromatic heterocycles. The molecule has 4 aliphatic rings. The third kappa shape index (κ3) is 16.4. The molecule has 62 heavy (non-hydrogen) atoms. The summed E-state index contributed by atoms with van der Waals surface area (Å²) in [7, 11) is 0. The van der Waals surface area contributed by atoms with Crippen molar-refractivity contribution in [3.05, 3.63) is 83.7 Å². The Hall–Kier alpha value is -4.43. The van der Waals surface area contributed by atoms with E-state index in [0.29, 0.717) is 50.0 Å². The molecule has 2 heterocycles. The Kier molecular flexibility index (Phi) is 20.8. The lowest BCUT2D eigenvalue weighted by atomic mass is 9.85. The van der Waals surface area contributed by atoms with Crippen molar-refractivity contribution in [1.29, 1.82) is 0 Å². The van der Waals surface area contributed by atoms with Crippen LogP contribution in [-0.4, -0.2) is 92.8 Å². The van der Waals surface area contributed by atoms with Gasteiger partial charge in [0.15, 0.2) is 5.78 Å². The molecule has 2 fully saturated rings. The maximum absolute atomic E-state index is 14.4. The van der Waals surface area contributed by atoms with Gasteiger partial charge < -0.3 is 30.2 Å². The maximum Gasteiger partial charge on any atom is 0.325 e. The lowest BCUT2D eigenvalue weighted by Crippen LogP contribution is -2.62. The van der Waals surface area contributed by atoms with Crippen molar-refractivity contribution in [2.45, 2.75) is 161 Å². The standard InChI is InChI=1S/C49H72N4O9/c1-32(2)44-47(59)50-42(31-37-20-14-22-39(56)30-37)48(60)53-29-15-23-41(52-53)49(61)62-43(33(3)17-13-21-38(55)27-26-36-18-10-8-11-19-36)24-12-7-6-9-16-34(4)45(57)40(46(58)51-44)28-25-35(5)54/h6-7,9,12-14,17,21-22,30-32,34,36,40-45,47,50,52,56-57,59H,8,10-11,15-16,18-20,23-29H2,1-5H3,(H,51,58). The molecule has 6 N–H and O–H groups in total. The number of hydrazine groups is 1. The van der Waals surface area contributed by atoms with Crippen molar-refractivity contribution >= 4 is 29.4 Å². The number of hydrogen-bond acceptors (Lipinski definition) is 11. The molecule has 0 radical (unpaired) electrons. The topological polar surface area (TPSA) is 195 Å². The quantitative estimate of drug-likeness (QED) is 0.0759. The number of nitrogens with zero attached hydrogens (tertiary/aromatic N) is 1. The summed E-state index contributed by atoms with van der Waals surface area (Å²) in [6, 6.07) is -2.94. The molecule has 8 unspecified atom stereocenters. The highest BCUT2D eigenvalue weighted by molar-refractivity contribution is 5.90. The second-order valence-corrected chi connectivity index (χ2v) is 17.9. The Balaban J connectivity index is 1.64. The number of aliphatic hydroxyl groups excluding tert-OH is 3. The SMILES string of the molecule is CC(=O)CCC1C(=O)NC(C(C)C)C(O)NC(C=C2C=C(O)C=CC2)C(=O)N2CCCC(N2)C(=O)OC(C(C)=CC=CC(=O)CCC2CCCCC2)CC=CC=CCC(C)C1O. The van der Waals surface area contributed by atoms with Gasteiger partial charge in [0.2, 0.25) is 5.91 Å². The summed E-state index contributed by atoms with van der Waals surface area (Å²) in [6.07, 6.45) is 25.5. The number of amides is 2. The minimum Gasteiger partial charge on any atom is -0.508 e. The van der Waals surface area contributed by atoms with Crippen LogP contribution in [0.3, 0.4) is 0 Å². The van der Waals surface area contributed by atoms with E-state index in [2.05, 4.69) is 16.1 Å². The molecule has 2 aliphatic carbocycles. The normalized spacial score (nSPS) is 30.2. The van der Waals surface area contributed by atoms with Crippen LogP contribution in [0, 0.1) is 23.7 Å². The van der Waals surface area contributed by atoms with Crippen LogP contribution in [0.5, 0.6) is 0 Å². The molecule has 1 saturated carbocycles. The van der Waals surface area contributed by atoms with Crippen LogP contribution in [0.1, 0.15) is 125 Å². The van der Waals surface area contributed by atoms with Crippen LogP contribution >= 0.6 is 0 Å². The van der Waals surface area contributed by atoms with Gasteiger partial charge in [-0.25, -0.2) is 5.43 Å². The van der Waals surface area contributed by atoms with Gasteiger partial charge in [-0.2, -0.15) is 0 Å². The van der Waals surface area contributed by atoms with Crippen LogP contribution in [-0.2, 0) is 28.7 Å². The van der Waals surface area contributed by atoms with Gasteiger partial charge in [-0.05, 0) is 99.5 Å². The summed E-state index contributed by atoms with van der Waals surface area (Å²) < 4.78 is 6.13. The summed E-state index contributed by atoms with van der Waals surface area (Å²) in [5.41, 5.74) is 4.41. The number of rotatable bonds is 11. The number of carbonyl (C=O) groups excluding carboxylic acids is 5. The van der Waals surface area contributed by atoms with Crippen molar-refractivity contribution in [1.82, 2.24) is 21.1 Å². The van der Waals surface area contributed by atoms with Crippen LogP contribution in [0.4, 0.5) is 0 Å². The first kappa shape index (κ1) is 50.2. The highest BCUT2D eigenvalue weighted by Crippen LogP contribution is 2.28. The molecule has 1 saturated heterocycles. The summed E-state index contributed by atoms with van der Waals surface area (Å²) in [6.45, 7) is 8.99. The third-order valence-corrected chi connectivity index (χ3v) is 12.4. The Morgan fingerprint density at radius 3 is 2.37 bits per heavy atom. The molecule has 2 amide bonds. The van der Waals surface area contributed by atoms with Gasteiger partial charge in [-0.1, -0.05) is 101 Å². The van der Waals surface area contributed by atoms with Gasteiger partial charge in [-0.3, -0.25) is 29.5 Å². The predicted molar refractivity (Wildman–Crippen MR) is 240 cm³/mol. The van der Waals surface area contributed by atoms with Gasteiger partial charge in [-0.15, -0.1) is 0 Å². The first-order chi connectivity index (χ1) is 29.6. The molecule has 13 heteroatoms. The van der Waals surface area contributed by atoms with Gasteiger partial charge in [0.1, 0.15) is 36.0 Å². The van der Waals surface area contributed by atoms with Gasteiger partial charge in [0.25, 0.3) is 5.91 Å². The second-order valence-electron chi connectivity index (χ2n) is 17.9. The molecule has 0 aromatic carbocycles. The number of ether oxygens (including phenoxy) is 1. The molecule has 2 aliphatic heterocycles. The van der Waals surface area contributed by atoms with Crippen LogP contribution in [0.25, 0.3) is 0 Å².